The maximum Gasteiger partial charge on any atom is 0.323 e. The molecule has 26 heavy (non-hydrogen) atoms. The molecule has 0 radical (unpaired) electrons. The van der Waals surface area contributed by atoms with Gasteiger partial charge in [-0.25, -0.2) is 22.0 Å². The number of carbonyl (C=O) groups is 1. The first-order chi connectivity index (χ1) is 12.0. The number of piperidine rings is 1. The molecule has 1 saturated heterocycles. The van der Waals surface area contributed by atoms with Crippen molar-refractivity contribution in [3.63, 3.8) is 0 Å². The van der Waals surface area contributed by atoms with E-state index in [1.54, 1.807) is 20.0 Å². The lowest BCUT2D eigenvalue weighted by molar-refractivity contribution is -0.130. The number of carbonyl (C=O) groups excluding carboxylic acids is 1. The summed E-state index contributed by atoms with van der Waals surface area (Å²) in [5, 5.41) is 6.83. The number of rotatable bonds is 5. The molecule has 2 unspecified atom stereocenters. The molecule has 2 amide bonds. The van der Waals surface area contributed by atoms with Crippen molar-refractivity contribution in [3.05, 3.63) is 11.8 Å². The van der Waals surface area contributed by atoms with Crippen LogP contribution < -0.4 is 5.32 Å². The molecule has 2 rings (SSSR count). The summed E-state index contributed by atoms with van der Waals surface area (Å²) >= 11 is 0. The van der Waals surface area contributed by atoms with E-state index in [1.807, 2.05) is 0 Å². The zero-order valence-corrected chi connectivity index (χ0v) is 16.3. The molecule has 1 aliphatic heterocycles. The summed E-state index contributed by atoms with van der Waals surface area (Å²) in [6.45, 7) is 6.32. The fraction of sp³-hybridized carbons (Fsp3) is 0.750. The zero-order valence-electron chi connectivity index (χ0n) is 15.5. The van der Waals surface area contributed by atoms with Crippen molar-refractivity contribution in [3.8, 4) is 0 Å². The number of hydrogen-bond donors (Lipinski definition) is 1. The van der Waals surface area contributed by atoms with Crippen molar-refractivity contribution in [1.82, 2.24) is 14.7 Å². The van der Waals surface area contributed by atoms with Gasteiger partial charge in [-0.3, -0.25) is 10.00 Å². The average molecular weight is 392 g/mol. The Bertz CT molecular complexity index is 750. The van der Waals surface area contributed by atoms with Gasteiger partial charge in [0.05, 0.1) is 12.3 Å². The normalized spacial score (nSPS) is 23.1. The number of hydrogen-bond acceptors (Lipinski definition) is 4. The highest BCUT2D eigenvalue weighted by atomic mass is 32.2. The fourth-order valence-electron chi connectivity index (χ4n) is 2.95. The summed E-state index contributed by atoms with van der Waals surface area (Å²) in [6.07, 6.45) is 1.65. The Balaban J connectivity index is 2.01. The zero-order chi connectivity index (χ0) is 19.7. The lowest BCUT2D eigenvalue weighted by atomic mass is 9.87. The minimum Gasteiger partial charge on any atom is -0.324 e. The van der Waals surface area contributed by atoms with Crippen LogP contribution >= 0.6 is 0 Å². The molecule has 1 aliphatic rings. The molecule has 10 heteroatoms. The van der Waals surface area contributed by atoms with Gasteiger partial charge in [-0.15, -0.1) is 0 Å². The molecular formula is C16H26F2N4O3S. The molecule has 2 heterocycles. The van der Waals surface area contributed by atoms with Crippen LogP contribution in [0.5, 0.6) is 0 Å². The molecular weight excluding hydrogens is 366 g/mol. The van der Waals surface area contributed by atoms with Crippen molar-refractivity contribution in [1.29, 1.82) is 0 Å². The van der Waals surface area contributed by atoms with Crippen LogP contribution in [0.1, 0.15) is 26.3 Å². The third kappa shape index (κ3) is 4.52. The molecule has 0 aromatic carbocycles. The molecule has 0 aliphatic carbocycles. The summed E-state index contributed by atoms with van der Waals surface area (Å²) < 4.78 is 52.5. The van der Waals surface area contributed by atoms with Gasteiger partial charge in [-0.05, 0) is 6.92 Å². The molecule has 2 atom stereocenters. The first-order valence-corrected chi connectivity index (χ1v) is 10.5. The number of likely N-dealkylation sites (tertiary alicyclic amines) is 1. The fourth-order valence-corrected chi connectivity index (χ4v) is 3.70. The standard InChI is InChI=1S/C16H26F2N4O3S/c1-5-26(24,25)7-6-22-8-11(2)14(20-22)19-15(23)21-9-12(3)16(17,18)13(4)10-21/h8,12-13H,5-7,9-10H2,1-4H3,(H,19,20,23). The molecule has 7 nitrogen and oxygen atoms in total. The number of nitrogens with one attached hydrogen (secondary N) is 1. The van der Waals surface area contributed by atoms with E-state index in [0.29, 0.717) is 11.4 Å². The predicted octanol–water partition coefficient (Wildman–Crippen LogP) is 2.38. The van der Waals surface area contributed by atoms with E-state index in [9.17, 15) is 22.0 Å². The van der Waals surface area contributed by atoms with E-state index in [0.717, 1.165) is 0 Å². The first kappa shape index (κ1) is 20.6. The molecule has 0 spiro atoms. The van der Waals surface area contributed by atoms with E-state index < -0.39 is 33.6 Å². The summed E-state index contributed by atoms with van der Waals surface area (Å²) in [4.78, 5) is 13.8. The predicted molar refractivity (Wildman–Crippen MR) is 95.2 cm³/mol. The van der Waals surface area contributed by atoms with E-state index in [4.69, 9.17) is 0 Å². The second kappa shape index (κ2) is 7.50. The highest BCUT2D eigenvalue weighted by molar-refractivity contribution is 7.91. The number of urea groups is 1. The van der Waals surface area contributed by atoms with Gasteiger partial charge < -0.3 is 4.90 Å². The highest BCUT2D eigenvalue weighted by Gasteiger charge is 2.48. The molecule has 1 fully saturated rings. The van der Waals surface area contributed by atoms with E-state index >= 15 is 0 Å². The van der Waals surface area contributed by atoms with Crippen LogP contribution in [0.3, 0.4) is 0 Å². The molecule has 148 valence electrons. The van der Waals surface area contributed by atoms with Gasteiger partial charge in [-0.2, -0.15) is 5.10 Å². The lowest BCUT2D eigenvalue weighted by Crippen LogP contribution is -2.54. The third-order valence-electron chi connectivity index (χ3n) is 4.83. The van der Waals surface area contributed by atoms with Crippen molar-refractivity contribution < 1.29 is 22.0 Å². The van der Waals surface area contributed by atoms with Gasteiger partial charge in [0.25, 0.3) is 5.92 Å². The minimum absolute atomic E-state index is 0.0301. The maximum atomic E-state index is 13.9. The van der Waals surface area contributed by atoms with Crippen LogP contribution in [0.2, 0.25) is 0 Å². The van der Waals surface area contributed by atoms with Crippen molar-refractivity contribution in [2.45, 2.75) is 40.2 Å². The van der Waals surface area contributed by atoms with Crippen molar-refractivity contribution in [2.24, 2.45) is 11.8 Å². The van der Waals surface area contributed by atoms with Gasteiger partial charge in [0.1, 0.15) is 0 Å². The summed E-state index contributed by atoms with van der Waals surface area (Å²) in [7, 11) is -3.11. The largest absolute Gasteiger partial charge is 0.324 e. The SMILES string of the molecule is CCS(=O)(=O)CCn1cc(C)c(NC(=O)N2CC(C)C(F)(F)C(C)C2)n1. The number of aromatic nitrogens is 2. The van der Waals surface area contributed by atoms with Crippen LogP contribution in [0.4, 0.5) is 19.4 Å². The van der Waals surface area contributed by atoms with Gasteiger partial charge >= 0.3 is 6.03 Å². The summed E-state index contributed by atoms with van der Waals surface area (Å²) in [5.74, 6) is -4.30. The molecule has 0 saturated carbocycles. The molecule has 1 N–H and O–H groups in total. The molecule has 1 aromatic heterocycles. The Morgan fingerprint density at radius 2 is 1.92 bits per heavy atom. The number of amides is 2. The van der Waals surface area contributed by atoms with Crippen molar-refractivity contribution >= 4 is 21.7 Å². The summed E-state index contributed by atoms with van der Waals surface area (Å²) in [5.41, 5.74) is 0.677. The number of anilines is 1. The van der Waals surface area contributed by atoms with Gasteiger partial charge in [0.2, 0.25) is 0 Å². The minimum atomic E-state index is -3.11. The smallest absolute Gasteiger partial charge is 0.323 e. The van der Waals surface area contributed by atoms with Crippen LogP contribution in [0, 0.1) is 18.8 Å². The number of aryl methyl sites for hydroxylation is 2. The Kier molecular flexibility index (Phi) is 5.94. The topological polar surface area (TPSA) is 84.3 Å². The Morgan fingerprint density at radius 3 is 2.46 bits per heavy atom. The number of alkyl halides is 2. The first-order valence-electron chi connectivity index (χ1n) is 8.64. The third-order valence-corrected chi connectivity index (χ3v) is 6.52. The Morgan fingerprint density at radius 1 is 1.35 bits per heavy atom. The lowest BCUT2D eigenvalue weighted by Gasteiger charge is -2.40. The summed E-state index contributed by atoms with van der Waals surface area (Å²) in [6, 6.07) is -0.478. The van der Waals surface area contributed by atoms with Crippen LogP contribution in [0.25, 0.3) is 0 Å². The maximum absolute atomic E-state index is 13.9. The van der Waals surface area contributed by atoms with E-state index in [2.05, 4.69) is 10.4 Å². The van der Waals surface area contributed by atoms with Crippen LogP contribution in [-0.4, -0.2) is 59.6 Å². The average Bonchev–Trinajstić information content (AvgIpc) is 2.90. The number of halogens is 2. The number of sulfone groups is 1. The molecule has 0 bridgehead atoms. The second-order valence-corrected chi connectivity index (χ2v) is 9.44. The van der Waals surface area contributed by atoms with E-state index in [-0.39, 0.29) is 31.1 Å². The van der Waals surface area contributed by atoms with Crippen molar-refractivity contribution in [2.75, 3.05) is 29.9 Å². The van der Waals surface area contributed by atoms with Crippen LogP contribution in [-0.2, 0) is 16.4 Å². The molecule has 1 aromatic rings. The Labute approximate surface area is 152 Å². The van der Waals surface area contributed by atoms with Gasteiger partial charge in [0.15, 0.2) is 15.7 Å². The van der Waals surface area contributed by atoms with Gasteiger partial charge in [-0.1, -0.05) is 20.8 Å². The van der Waals surface area contributed by atoms with E-state index in [1.165, 1.54) is 23.4 Å². The van der Waals surface area contributed by atoms with Crippen LogP contribution in [0.15, 0.2) is 6.20 Å². The Hall–Kier alpha value is -1.71. The highest BCUT2D eigenvalue weighted by Crippen LogP contribution is 2.37. The quantitative estimate of drug-likeness (QED) is 0.834. The monoisotopic (exact) mass is 392 g/mol. The second-order valence-electron chi connectivity index (χ2n) is 6.97. The number of nitrogens with zero attached hydrogens (tertiary/aromatic N) is 3. The van der Waals surface area contributed by atoms with Gasteiger partial charge in [0, 0.05) is 42.4 Å².